The zero-order chi connectivity index (χ0) is 9.14. The Kier molecular flexibility index (Phi) is 3.09. The Bertz CT molecular complexity index is 244. The van der Waals surface area contributed by atoms with Gasteiger partial charge in [0.05, 0.1) is 17.3 Å². The maximum atomic E-state index is 6.17. The number of alkyl halides is 1. The molecule has 1 aromatic heterocycles. The average molecular weight is 188 g/mol. The van der Waals surface area contributed by atoms with E-state index in [2.05, 4.69) is 24.2 Å². The second-order valence-electron chi connectivity index (χ2n) is 3.12. The van der Waals surface area contributed by atoms with Gasteiger partial charge in [-0.25, -0.2) is 4.68 Å². The van der Waals surface area contributed by atoms with Crippen LogP contribution in [0.15, 0.2) is 6.20 Å². The van der Waals surface area contributed by atoms with E-state index in [0.717, 1.165) is 12.2 Å². The molecule has 1 rings (SSSR count). The second kappa shape index (κ2) is 3.90. The largest absolute Gasteiger partial charge is 0.248 e. The molecule has 0 bridgehead atoms. The highest BCUT2D eigenvalue weighted by molar-refractivity contribution is 6.20. The Morgan fingerprint density at radius 2 is 2.25 bits per heavy atom. The molecule has 4 heteroatoms. The number of halogens is 1. The van der Waals surface area contributed by atoms with E-state index in [0.29, 0.717) is 5.92 Å². The lowest BCUT2D eigenvalue weighted by atomic mass is 10.1. The maximum absolute atomic E-state index is 6.17. The van der Waals surface area contributed by atoms with E-state index in [9.17, 15) is 0 Å². The Morgan fingerprint density at radius 3 is 2.75 bits per heavy atom. The zero-order valence-electron chi connectivity index (χ0n) is 7.66. The Morgan fingerprint density at radius 1 is 1.58 bits per heavy atom. The molecule has 0 fully saturated rings. The summed E-state index contributed by atoms with van der Waals surface area (Å²) in [4.78, 5) is 0. The van der Waals surface area contributed by atoms with E-state index in [-0.39, 0.29) is 5.38 Å². The van der Waals surface area contributed by atoms with Crippen molar-refractivity contribution in [2.75, 3.05) is 0 Å². The lowest BCUT2D eigenvalue weighted by Crippen LogP contribution is -2.08. The van der Waals surface area contributed by atoms with Crippen molar-refractivity contribution in [1.29, 1.82) is 0 Å². The van der Waals surface area contributed by atoms with E-state index >= 15 is 0 Å². The Hall–Kier alpha value is -0.570. The minimum atomic E-state index is 0.0138. The van der Waals surface area contributed by atoms with Crippen LogP contribution in [0.25, 0.3) is 0 Å². The predicted molar refractivity (Wildman–Crippen MR) is 49.1 cm³/mol. The Labute approximate surface area is 77.7 Å². The third kappa shape index (κ3) is 1.78. The molecule has 0 aliphatic rings. The number of hydrogen-bond acceptors (Lipinski definition) is 2. The molecule has 0 aliphatic heterocycles. The van der Waals surface area contributed by atoms with Gasteiger partial charge in [-0.2, -0.15) is 0 Å². The average Bonchev–Trinajstić information content (AvgIpc) is 2.49. The van der Waals surface area contributed by atoms with Crippen LogP contribution in [-0.4, -0.2) is 15.0 Å². The topological polar surface area (TPSA) is 30.7 Å². The van der Waals surface area contributed by atoms with Gasteiger partial charge in [0.15, 0.2) is 0 Å². The normalized spacial score (nSPS) is 13.8. The maximum Gasteiger partial charge on any atom is 0.0793 e. The first-order valence-electron chi connectivity index (χ1n) is 4.19. The van der Waals surface area contributed by atoms with E-state index in [1.165, 1.54) is 0 Å². The molecule has 0 saturated carbocycles. The first-order valence-corrected chi connectivity index (χ1v) is 4.63. The second-order valence-corrected chi connectivity index (χ2v) is 3.59. The molecule has 0 aromatic carbocycles. The van der Waals surface area contributed by atoms with Gasteiger partial charge < -0.3 is 0 Å². The summed E-state index contributed by atoms with van der Waals surface area (Å²) >= 11 is 6.17. The molecule has 0 spiro atoms. The highest BCUT2D eigenvalue weighted by Crippen LogP contribution is 2.27. The molecule has 68 valence electrons. The van der Waals surface area contributed by atoms with Crippen LogP contribution in [-0.2, 0) is 6.54 Å². The van der Waals surface area contributed by atoms with Gasteiger partial charge in [0.2, 0.25) is 0 Å². The number of hydrogen-bond donors (Lipinski definition) is 0. The molecule has 1 atom stereocenters. The van der Waals surface area contributed by atoms with E-state index in [4.69, 9.17) is 11.6 Å². The van der Waals surface area contributed by atoms with Crippen molar-refractivity contribution in [2.45, 2.75) is 32.7 Å². The quantitative estimate of drug-likeness (QED) is 0.680. The Balaban J connectivity index is 2.86. The molecular formula is C8H14ClN3. The summed E-state index contributed by atoms with van der Waals surface area (Å²) in [6.45, 7) is 7.03. The lowest BCUT2D eigenvalue weighted by molar-refractivity contribution is 0.540. The smallest absolute Gasteiger partial charge is 0.0793 e. The predicted octanol–water partition coefficient (Wildman–Crippen LogP) is 2.23. The summed E-state index contributed by atoms with van der Waals surface area (Å²) in [7, 11) is 0. The summed E-state index contributed by atoms with van der Waals surface area (Å²) in [5.74, 6) is 0.412. The van der Waals surface area contributed by atoms with E-state index in [1.54, 1.807) is 6.20 Å². The monoisotopic (exact) mass is 187 g/mol. The third-order valence-corrected chi connectivity index (χ3v) is 2.54. The van der Waals surface area contributed by atoms with Crippen LogP contribution in [0, 0.1) is 5.92 Å². The van der Waals surface area contributed by atoms with E-state index in [1.807, 2.05) is 11.6 Å². The van der Waals surface area contributed by atoms with E-state index < -0.39 is 0 Å². The van der Waals surface area contributed by atoms with Crippen molar-refractivity contribution in [2.24, 2.45) is 5.92 Å². The molecule has 0 aliphatic carbocycles. The van der Waals surface area contributed by atoms with Crippen LogP contribution in [0.1, 0.15) is 31.8 Å². The molecule has 12 heavy (non-hydrogen) atoms. The molecule has 1 aromatic rings. The molecule has 1 unspecified atom stereocenters. The number of aromatic nitrogens is 3. The van der Waals surface area contributed by atoms with Gasteiger partial charge in [0.1, 0.15) is 0 Å². The summed E-state index contributed by atoms with van der Waals surface area (Å²) in [6, 6.07) is 0. The molecular weight excluding hydrogens is 174 g/mol. The van der Waals surface area contributed by atoms with Gasteiger partial charge in [0.25, 0.3) is 0 Å². The molecule has 0 radical (unpaired) electrons. The van der Waals surface area contributed by atoms with Crippen molar-refractivity contribution in [3.63, 3.8) is 0 Å². The van der Waals surface area contributed by atoms with Crippen LogP contribution in [0.5, 0.6) is 0 Å². The van der Waals surface area contributed by atoms with Gasteiger partial charge >= 0.3 is 0 Å². The third-order valence-electron chi connectivity index (χ3n) is 1.82. The SMILES string of the molecule is CCn1nncc1C(Cl)C(C)C. The van der Waals surface area contributed by atoms with Crippen molar-refractivity contribution in [3.05, 3.63) is 11.9 Å². The fraction of sp³-hybridized carbons (Fsp3) is 0.750. The molecule has 0 saturated heterocycles. The van der Waals surface area contributed by atoms with Gasteiger partial charge in [-0.3, -0.25) is 0 Å². The summed E-state index contributed by atoms with van der Waals surface area (Å²) < 4.78 is 1.83. The number of aryl methyl sites for hydroxylation is 1. The summed E-state index contributed by atoms with van der Waals surface area (Å²) in [6.07, 6.45) is 1.74. The van der Waals surface area contributed by atoms with Crippen molar-refractivity contribution < 1.29 is 0 Å². The van der Waals surface area contributed by atoms with Crippen LogP contribution < -0.4 is 0 Å². The van der Waals surface area contributed by atoms with Gasteiger partial charge in [-0.05, 0) is 12.8 Å². The molecule has 0 N–H and O–H groups in total. The van der Waals surface area contributed by atoms with Crippen LogP contribution in [0.4, 0.5) is 0 Å². The van der Waals surface area contributed by atoms with Crippen LogP contribution in [0.3, 0.4) is 0 Å². The minimum Gasteiger partial charge on any atom is -0.248 e. The van der Waals surface area contributed by atoms with Gasteiger partial charge in [0, 0.05) is 6.54 Å². The fourth-order valence-electron chi connectivity index (χ4n) is 1.07. The highest BCUT2D eigenvalue weighted by atomic mass is 35.5. The highest BCUT2D eigenvalue weighted by Gasteiger charge is 2.16. The number of rotatable bonds is 3. The molecule has 3 nitrogen and oxygen atoms in total. The minimum absolute atomic E-state index is 0.0138. The number of nitrogens with zero attached hydrogens (tertiary/aromatic N) is 3. The summed E-state index contributed by atoms with van der Waals surface area (Å²) in [5, 5.41) is 7.76. The van der Waals surface area contributed by atoms with Gasteiger partial charge in [-0.1, -0.05) is 19.1 Å². The van der Waals surface area contributed by atoms with Crippen molar-refractivity contribution >= 4 is 11.6 Å². The van der Waals surface area contributed by atoms with Gasteiger partial charge in [-0.15, -0.1) is 16.7 Å². The lowest BCUT2D eigenvalue weighted by Gasteiger charge is -2.13. The standard InChI is InChI=1S/C8H14ClN3/c1-4-12-7(5-10-11-12)8(9)6(2)3/h5-6,8H,4H2,1-3H3. The van der Waals surface area contributed by atoms with Crippen LogP contribution in [0.2, 0.25) is 0 Å². The van der Waals surface area contributed by atoms with Crippen LogP contribution >= 0.6 is 11.6 Å². The van der Waals surface area contributed by atoms with Crippen molar-refractivity contribution in [3.8, 4) is 0 Å². The zero-order valence-corrected chi connectivity index (χ0v) is 8.41. The molecule has 1 heterocycles. The summed E-state index contributed by atoms with van der Waals surface area (Å²) in [5.41, 5.74) is 1.01. The first kappa shape index (κ1) is 9.52. The first-order chi connectivity index (χ1) is 5.66. The fourth-order valence-corrected chi connectivity index (χ4v) is 1.24. The molecule has 0 amide bonds. The van der Waals surface area contributed by atoms with Crippen molar-refractivity contribution in [1.82, 2.24) is 15.0 Å².